The van der Waals surface area contributed by atoms with Crippen LogP contribution in [0.25, 0.3) is 9.40 Å². The standard InChI is InChI=1S/C8H2F6S2/c9-7(10,11)4-1-3-2-5(8(12,13)14)16-6(3)15-4/h1-2H. The van der Waals surface area contributed by atoms with E-state index in [2.05, 4.69) is 0 Å². The molecule has 2 rings (SSSR count). The summed E-state index contributed by atoms with van der Waals surface area (Å²) in [6.07, 6.45) is -9.00. The van der Waals surface area contributed by atoms with Gasteiger partial charge in [-0.25, -0.2) is 0 Å². The third-order valence-corrected chi connectivity index (χ3v) is 4.25. The molecule has 0 fully saturated rings. The molecule has 0 aliphatic heterocycles. The van der Waals surface area contributed by atoms with E-state index < -0.39 is 22.1 Å². The molecule has 0 saturated heterocycles. The first kappa shape index (κ1) is 11.7. The zero-order valence-corrected chi connectivity index (χ0v) is 8.87. The average Bonchev–Trinajstić information content (AvgIpc) is 2.53. The van der Waals surface area contributed by atoms with Gasteiger partial charge in [-0.3, -0.25) is 0 Å². The van der Waals surface area contributed by atoms with Crippen molar-refractivity contribution < 1.29 is 26.3 Å². The van der Waals surface area contributed by atoms with Gasteiger partial charge in [-0.15, -0.1) is 22.7 Å². The lowest BCUT2D eigenvalue weighted by Gasteiger charge is -2.01. The van der Waals surface area contributed by atoms with Crippen LogP contribution in [-0.4, -0.2) is 0 Å². The minimum absolute atomic E-state index is 0.00495. The predicted molar refractivity (Wildman–Crippen MR) is 49.7 cm³/mol. The van der Waals surface area contributed by atoms with Crippen molar-refractivity contribution in [3.05, 3.63) is 21.9 Å². The molecule has 0 nitrogen and oxygen atoms in total. The first-order valence-corrected chi connectivity index (χ1v) is 5.49. The smallest absolute Gasteiger partial charge is 0.165 e. The molecule has 0 N–H and O–H groups in total. The Balaban J connectivity index is 2.49. The Labute approximate surface area is 93.1 Å². The molecule has 0 radical (unpaired) electrons. The molecule has 0 aromatic carbocycles. The molecular weight excluding hydrogens is 274 g/mol. The van der Waals surface area contributed by atoms with E-state index in [4.69, 9.17) is 0 Å². The van der Waals surface area contributed by atoms with E-state index in [1.54, 1.807) is 0 Å². The molecule has 2 aromatic rings. The molecule has 0 aliphatic carbocycles. The monoisotopic (exact) mass is 276 g/mol. The Morgan fingerprint density at radius 2 is 1.12 bits per heavy atom. The number of hydrogen-bond acceptors (Lipinski definition) is 2. The van der Waals surface area contributed by atoms with Crippen molar-refractivity contribution in [2.75, 3.05) is 0 Å². The van der Waals surface area contributed by atoms with Crippen LogP contribution in [0.15, 0.2) is 12.1 Å². The summed E-state index contributed by atoms with van der Waals surface area (Å²) in [6.45, 7) is 0. The zero-order chi connectivity index (χ0) is 12.1. The number of alkyl halides is 6. The summed E-state index contributed by atoms with van der Waals surface area (Å²) in [4.78, 5) is -1.75. The quantitative estimate of drug-likeness (QED) is 0.594. The van der Waals surface area contributed by atoms with Crippen LogP contribution < -0.4 is 0 Å². The van der Waals surface area contributed by atoms with Crippen LogP contribution in [0.3, 0.4) is 0 Å². The van der Waals surface area contributed by atoms with Crippen LogP contribution in [0.2, 0.25) is 0 Å². The van der Waals surface area contributed by atoms with E-state index in [0.717, 1.165) is 12.1 Å². The first-order chi connectivity index (χ1) is 7.18. The highest BCUT2D eigenvalue weighted by Crippen LogP contribution is 2.44. The van der Waals surface area contributed by atoms with Gasteiger partial charge in [0, 0.05) is 5.39 Å². The Kier molecular flexibility index (Phi) is 2.46. The van der Waals surface area contributed by atoms with Gasteiger partial charge in [0.1, 0.15) is 9.75 Å². The van der Waals surface area contributed by atoms with Crippen LogP contribution in [-0.2, 0) is 12.4 Å². The lowest BCUT2D eigenvalue weighted by molar-refractivity contribution is -0.134. The molecule has 0 aliphatic rings. The van der Waals surface area contributed by atoms with Gasteiger partial charge in [0.2, 0.25) is 0 Å². The highest BCUT2D eigenvalue weighted by molar-refractivity contribution is 7.38. The molecule has 88 valence electrons. The molecule has 8 heteroatoms. The van der Waals surface area contributed by atoms with Gasteiger partial charge in [0.15, 0.2) is 0 Å². The van der Waals surface area contributed by atoms with Crippen molar-refractivity contribution in [3.8, 4) is 0 Å². The predicted octanol–water partition coefficient (Wildman–Crippen LogP) is 5.00. The lowest BCUT2D eigenvalue weighted by Crippen LogP contribution is -2.01. The maximum absolute atomic E-state index is 12.2. The molecule has 16 heavy (non-hydrogen) atoms. The molecule has 0 saturated carbocycles. The lowest BCUT2D eigenvalue weighted by atomic mass is 10.3. The summed E-state index contributed by atoms with van der Waals surface area (Å²) in [5.74, 6) is 0. The minimum Gasteiger partial charge on any atom is -0.165 e. The summed E-state index contributed by atoms with van der Waals surface area (Å²) < 4.78 is 73.4. The zero-order valence-electron chi connectivity index (χ0n) is 7.24. The number of halogens is 6. The van der Waals surface area contributed by atoms with Gasteiger partial charge in [0.25, 0.3) is 0 Å². The third-order valence-electron chi connectivity index (χ3n) is 1.77. The fraction of sp³-hybridized carbons (Fsp3) is 0.250. The number of hydrogen-bond donors (Lipinski definition) is 0. The second kappa shape index (κ2) is 3.36. The fourth-order valence-electron chi connectivity index (χ4n) is 1.12. The Morgan fingerprint density at radius 1 is 0.750 bits per heavy atom. The maximum atomic E-state index is 12.2. The van der Waals surface area contributed by atoms with E-state index in [9.17, 15) is 26.3 Å². The normalized spacial score (nSPS) is 13.6. The van der Waals surface area contributed by atoms with Crippen LogP contribution >= 0.6 is 22.7 Å². The third kappa shape index (κ3) is 2.03. The summed E-state index contributed by atoms with van der Waals surface area (Å²) in [7, 11) is 0. The van der Waals surface area contributed by atoms with E-state index in [0.29, 0.717) is 22.7 Å². The van der Waals surface area contributed by atoms with Crippen molar-refractivity contribution in [1.82, 2.24) is 0 Å². The van der Waals surface area contributed by atoms with E-state index >= 15 is 0 Å². The molecule has 0 amide bonds. The van der Waals surface area contributed by atoms with Crippen molar-refractivity contribution in [3.63, 3.8) is 0 Å². The summed E-state index contributed by atoms with van der Waals surface area (Å²) in [6, 6.07) is 1.48. The summed E-state index contributed by atoms with van der Waals surface area (Å²) in [5.41, 5.74) is 0. The van der Waals surface area contributed by atoms with Gasteiger partial charge >= 0.3 is 12.4 Å². The topological polar surface area (TPSA) is 0 Å². The molecule has 2 aromatic heterocycles. The highest BCUT2D eigenvalue weighted by atomic mass is 32.2. The Hall–Kier alpha value is -0.760. The number of fused-ring (bicyclic) bond motifs is 1. The van der Waals surface area contributed by atoms with Crippen molar-refractivity contribution in [2.45, 2.75) is 12.4 Å². The second-order valence-corrected chi connectivity index (χ2v) is 5.32. The minimum atomic E-state index is -4.50. The van der Waals surface area contributed by atoms with Gasteiger partial charge in [-0.2, -0.15) is 26.3 Å². The SMILES string of the molecule is FC(F)(F)c1cc2cc(C(F)(F)F)sc2s1. The van der Waals surface area contributed by atoms with Crippen molar-refractivity contribution >= 4 is 32.1 Å². The molecular formula is C8H2F6S2. The van der Waals surface area contributed by atoms with Crippen LogP contribution in [0.1, 0.15) is 9.75 Å². The number of rotatable bonds is 0. The molecule has 0 atom stereocenters. The van der Waals surface area contributed by atoms with Crippen LogP contribution in [0, 0.1) is 0 Å². The van der Waals surface area contributed by atoms with E-state index in [-0.39, 0.29) is 9.40 Å². The Bertz CT molecular complexity index is 440. The molecule has 0 unspecified atom stereocenters. The van der Waals surface area contributed by atoms with Crippen molar-refractivity contribution in [2.24, 2.45) is 0 Å². The van der Waals surface area contributed by atoms with E-state index in [1.807, 2.05) is 0 Å². The second-order valence-electron chi connectivity index (χ2n) is 2.96. The largest absolute Gasteiger partial charge is 0.425 e. The van der Waals surface area contributed by atoms with Gasteiger partial charge in [-0.05, 0) is 12.1 Å². The molecule has 2 heterocycles. The summed E-state index contributed by atoms with van der Waals surface area (Å²) >= 11 is 0.669. The van der Waals surface area contributed by atoms with Crippen LogP contribution in [0.5, 0.6) is 0 Å². The maximum Gasteiger partial charge on any atom is 0.425 e. The first-order valence-electron chi connectivity index (χ1n) is 3.86. The highest BCUT2D eigenvalue weighted by Gasteiger charge is 2.36. The van der Waals surface area contributed by atoms with Gasteiger partial charge in [-0.1, -0.05) is 0 Å². The number of thiophene rings is 2. The molecule has 0 spiro atoms. The van der Waals surface area contributed by atoms with Gasteiger partial charge in [0.05, 0.1) is 4.01 Å². The van der Waals surface area contributed by atoms with Gasteiger partial charge < -0.3 is 0 Å². The van der Waals surface area contributed by atoms with E-state index in [1.165, 1.54) is 0 Å². The molecule has 0 bridgehead atoms. The van der Waals surface area contributed by atoms with Crippen LogP contribution in [0.4, 0.5) is 26.3 Å². The fourth-order valence-corrected chi connectivity index (χ4v) is 3.30. The average molecular weight is 276 g/mol. The Morgan fingerprint density at radius 3 is 1.38 bits per heavy atom. The van der Waals surface area contributed by atoms with Crippen molar-refractivity contribution in [1.29, 1.82) is 0 Å². The summed E-state index contributed by atoms with van der Waals surface area (Å²) in [5, 5.41) is -0.00495.